The van der Waals surface area contributed by atoms with Crippen molar-refractivity contribution in [2.24, 2.45) is 0 Å². The molecule has 1 aromatic heterocycles. The summed E-state index contributed by atoms with van der Waals surface area (Å²) < 4.78 is 10.4. The summed E-state index contributed by atoms with van der Waals surface area (Å²) >= 11 is 5.62. The predicted molar refractivity (Wildman–Crippen MR) is 89.1 cm³/mol. The number of nitrogens with zero attached hydrogens (tertiary/aromatic N) is 4. The highest BCUT2D eigenvalue weighted by molar-refractivity contribution is 7.71. The van der Waals surface area contributed by atoms with Gasteiger partial charge in [0.1, 0.15) is 0 Å². The third-order valence-corrected chi connectivity index (χ3v) is 4.36. The zero-order valence-electron chi connectivity index (χ0n) is 13.1. The molecule has 3 rings (SSSR count). The van der Waals surface area contributed by atoms with Crippen LogP contribution in [0.1, 0.15) is 13.8 Å². The van der Waals surface area contributed by atoms with E-state index in [1.54, 1.807) is 0 Å². The molecule has 1 atom stereocenters. The third kappa shape index (κ3) is 3.14. The normalized spacial score (nSPS) is 19.5. The molecule has 2 heterocycles. The van der Waals surface area contributed by atoms with Gasteiger partial charge in [-0.3, -0.25) is 4.90 Å². The van der Waals surface area contributed by atoms with E-state index in [0.717, 1.165) is 49.1 Å². The Hall–Kier alpha value is -1.50. The lowest BCUT2D eigenvalue weighted by atomic mass is 10.2. The molecule has 0 spiro atoms. The summed E-state index contributed by atoms with van der Waals surface area (Å²) in [4.78, 5) is 2.34. The Morgan fingerprint density at radius 1 is 1.32 bits per heavy atom. The van der Waals surface area contributed by atoms with Gasteiger partial charge in [-0.25, -0.2) is 4.68 Å². The summed E-state index contributed by atoms with van der Waals surface area (Å²) in [6.45, 7) is 8.36. The van der Waals surface area contributed by atoms with Gasteiger partial charge in [-0.2, -0.15) is 5.10 Å². The molecule has 22 heavy (non-hydrogen) atoms. The highest BCUT2D eigenvalue weighted by Gasteiger charge is 2.19. The van der Waals surface area contributed by atoms with Crippen molar-refractivity contribution in [1.82, 2.24) is 19.2 Å². The van der Waals surface area contributed by atoms with Crippen LogP contribution in [0.25, 0.3) is 11.4 Å². The maximum atomic E-state index is 5.62. The Morgan fingerprint density at radius 3 is 2.77 bits per heavy atom. The van der Waals surface area contributed by atoms with Crippen LogP contribution in [0, 0.1) is 4.77 Å². The monoisotopic (exact) mass is 318 g/mol. The largest absolute Gasteiger partial charge is 0.376 e. The Morgan fingerprint density at radius 2 is 2.09 bits per heavy atom. The molecule has 1 aliphatic heterocycles. The molecule has 1 fully saturated rings. The van der Waals surface area contributed by atoms with E-state index in [1.165, 1.54) is 0 Å². The van der Waals surface area contributed by atoms with Gasteiger partial charge < -0.3 is 9.30 Å². The van der Waals surface area contributed by atoms with Crippen LogP contribution < -0.4 is 0 Å². The summed E-state index contributed by atoms with van der Waals surface area (Å²) in [6.07, 6.45) is 0.268. The lowest BCUT2D eigenvalue weighted by molar-refractivity contribution is -0.0307. The van der Waals surface area contributed by atoms with Crippen LogP contribution in [0.3, 0.4) is 0 Å². The van der Waals surface area contributed by atoms with Crippen LogP contribution in [0.4, 0.5) is 0 Å². The maximum absolute atomic E-state index is 5.62. The summed E-state index contributed by atoms with van der Waals surface area (Å²) in [6, 6.07) is 10.2. The highest BCUT2D eigenvalue weighted by atomic mass is 32.1. The average Bonchev–Trinajstić information content (AvgIpc) is 2.84. The van der Waals surface area contributed by atoms with E-state index in [9.17, 15) is 0 Å². The fourth-order valence-electron chi connectivity index (χ4n) is 2.83. The molecule has 1 aromatic carbocycles. The molecule has 2 aromatic rings. The Kier molecular flexibility index (Phi) is 4.71. The van der Waals surface area contributed by atoms with Gasteiger partial charge >= 0.3 is 0 Å². The van der Waals surface area contributed by atoms with Crippen LogP contribution in [0.2, 0.25) is 0 Å². The number of morpholine rings is 1. The second kappa shape index (κ2) is 6.73. The molecular weight excluding hydrogens is 296 g/mol. The first kappa shape index (κ1) is 15.4. The zero-order chi connectivity index (χ0) is 15.5. The van der Waals surface area contributed by atoms with E-state index in [4.69, 9.17) is 22.1 Å². The van der Waals surface area contributed by atoms with E-state index >= 15 is 0 Å². The lowest BCUT2D eigenvalue weighted by Gasteiger charge is -2.30. The molecule has 5 nitrogen and oxygen atoms in total. The second-order valence-electron chi connectivity index (χ2n) is 5.62. The molecule has 0 aliphatic carbocycles. The van der Waals surface area contributed by atoms with E-state index < -0.39 is 0 Å². The van der Waals surface area contributed by atoms with Gasteiger partial charge in [0.2, 0.25) is 0 Å². The molecule has 6 heteroatoms. The van der Waals surface area contributed by atoms with Crippen molar-refractivity contribution in [3.63, 3.8) is 0 Å². The first-order valence-corrected chi connectivity index (χ1v) is 8.17. The quantitative estimate of drug-likeness (QED) is 0.812. The minimum atomic E-state index is 0.268. The van der Waals surface area contributed by atoms with E-state index in [-0.39, 0.29) is 6.10 Å². The van der Waals surface area contributed by atoms with Gasteiger partial charge in [0, 0.05) is 25.2 Å². The number of ether oxygens (including phenoxy) is 1. The average molecular weight is 318 g/mol. The molecule has 1 saturated heterocycles. The van der Waals surface area contributed by atoms with Crippen LogP contribution in [0.5, 0.6) is 0 Å². The molecule has 0 amide bonds. The van der Waals surface area contributed by atoms with Crippen molar-refractivity contribution < 1.29 is 4.74 Å². The Labute approximate surface area is 136 Å². The summed E-state index contributed by atoms with van der Waals surface area (Å²) in [5.41, 5.74) is 1.10. The molecule has 0 unspecified atom stereocenters. The second-order valence-corrected chi connectivity index (χ2v) is 5.98. The van der Waals surface area contributed by atoms with Crippen molar-refractivity contribution in [1.29, 1.82) is 0 Å². The standard InChI is InChI=1S/C16H22N4OS/c1-3-19-15(14-7-5-4-6-8-14)17-20(16(19)22)12-18-9-10-21-13(2)11-18/h4-8,13H,3,9-12H2,1-2H3/t13-/m1/s1. The molecule has 1 aliphatic rings. The first-order valence-electron chi connectivity index (χ1n) is 7.76. The third-order valence-electron chi connectivity index (χ3n) is 3.93. The molecular formula is C16H22N4OS. The fourth-order valence-corrected chi connectivity index (χ4v) is 3.14. The van der Waals surface area contributed by atoms with Crippen molar-refractivity contribution in [2.45, 2.75) is 33.2 Å². The van der Waals surface area contributed by atoms with E-state index in [0.29, 0.717) is 0 Å². The van der Waals surface area contributed by atoms with Gasteiger partial charge in [-0.05, 0) is 26.1 Å². The molecule has 0 radical (unpaired) electrons. The molecule has 0 saturated carbocycles. The first-order chi connectivity index (χ1) is 10.7. The van der Waals surface area contributed by atoms with Gasteiger partial charge in [-0.15, -0.1) is 0 Å². The zero-order valence-corrected chi connectivity index (χ0v) is 13.9. The van der Waals surface area contributed by atoms with Crippen molar-refractivity contribution in [2.75, 3.05) is 19.7 Å². The van der Waals surface area contributed by atoms with Gasteiger partial charge in [0.05, 0.1) is 19.4 Å². The Bertz CT molecular complexity index is 679. The minimum absolute atomic E-state index is 0.268. The molecule has 118 valence electrons. The highest BCUT2D eigenvalue weighted by Crippen LogP contribution is 2.18. The molecule has 0 N–H and O–H groups in total. The molecule has 0 bridgehead atoms. The summed E-state index contributed by atoms with van der Waals surface area (Å²) in [7, 11) is 0. The van der Waals surface area contributed by atoms with E-state index in [2.05, 4.69) is 35.4 Å². The number of hydrogen-bond donors (Lipinski definition) is 0. The van der Waals surface area contributed by atoms with Gasteiger partial charge in [0.15, 0.2) is 10.6 Å². The van der Waals surface area contributed by atoms with Crippen molar-refractivity contribution >= 4 is 12.2 Å². The van der Waals surface area contributed by atoms with Crippen LogP contribution >= 0.6 is 12.2 Å². The van der Waals surface area contributed by atoms with Crippen LogP contribution in [0.15, 0.2) is 30.3 Å². The van der Waals surface area contributed by atoms with Crippen LogP contribution in [-0.4, -0.2) is 45.0 Å². The Balaban J connectivity index is 1.89. The van der Waals surface area contributed by atoms with Gasteiger partial charge in [0.25, 0.3) is 0 Å². The van der Waals surface area contributed by atoms with E-state index in [1.807, 2.05) is 22.9 Å². The number of benzene rings is 1. The van der Waals surface area contributed by atoms with Crippen molar-refractivity contribution in [3.05, 3.63) is 35.1 Å². The van der Waals surface area contributed by atoms with Crippen molar-refractivity contribution in [3.8, 4) is 11.4 Å². The number of hydrogen-bond acceptors (Lipinski definition) is 4. The van der Waals surface area contributed by atoms with Crippen LogP contribution in [-0.2, 0) is 18.0 Å². The lowest BCUT2D eigenvalue weighted by Crippen LogP contribution is -2.42. The minimum Gasteiger partial charge on any atom is -0.376 e. The SMILES string of the molecule is CCn1c(-c2ccccc2)nn(CN2CCO[C@H](C)C2)c1=S. The number of aromatic nitrogens is 3. The number of rotatable bonds is 4. The summed E-state index contributed by atoms with van der Waals surface area (Å²) in [5.74, 6) is 0.939. The summed E-state index contributed by atoms with van der Waals surface area (Å²) in [5, 5.41) is 4.76. The topological polar surface area (TPSA) is 35.2 Å². The smallest absolute Gasteiger partial charge is 0.199 e. The fraction of sp³-hybridized carbons (Fsp3) is 0.500. The van der Waals surface area contributed by atoms with Gasteiger partial charge in [-0.1, -0.05) is 30.3 Å². The maximum Gasteiger partial charge on any atom is 0.199 e. The predicted octanol–water partition coefficient (Wildman–Crippen LogP) is 2.78.